The Balaban J connectivity index is 2.44. The Labute approximate surface area is 131 Å². The van der Waals surface area contributed by atoms with E-state index in [1.54, 1.807) is 7.11 Å². The van der Waals surface area contributed by atoms with Crippen LogP contribution in [0, 0.1) is 0 Å². The number of halogens is 1. The van der Waals surface area contributed by atoms with Crippen molar-refractivity contribution in [1.29, 1.82) is 0 Å². The highest BCUT2D eigenvalue weighted by Gasteiger charge is 2.32. The molecule has 4 heteroatoms. The van der Waals surface area contributed by atoms with E-state index < -0.39 is 0 Å². The summed E-state index contributed by atoms with van der Waals surface area (Å²) in [6, 6.07) is 16.0. The van der Waals surface area contributed by atoms with Crippen LogP contribution in [0.2, 0.25) is 5.02 Å². The predicted molar refractivity (Wildman–Crippen MR) is 87.5 cm³/mol. The lowest BCUT2D eigenvalue weighted by Gasteiger charge is -2.35. The second kappa shape index (κ2) is 6.48. The molecule has 2 rings (SSSR count). The first-order valence-electron chi connectivity index (χ1n) is 6.85. The molecule has 0 spiro atoms. The molecule has 0 amide bonds. The van der Waals surface area contributed by atoms with Crippen LogP contribution in [0.15, 0.2) is 48.5 Å². The molecule has 3 nitrogen and oxygen atoms in total. The van der Waals surface area contributed by atoms with Crippen LogP contribution < -0.4 is 16.0 Å². The molecule has 0 aliphatic rings. The Morgan fingerprint density at radius 2 is 1.81 bits per heavy atom. The third-order valence-electron chi connectivity index (χ3n) is 3.91. The monoisotopic (exact) mass is 304 g/mol. The maximum atomic E-state index is 6.10. The number of hydrazine groups is 1. The van der Waals surface area contributed by atoms with Gasteiger partial charge in [0.2, 0.25) is 0 Å². The lowest BCUT2D eigenvalue weighted by Crippen LogP contribution is -2.41. The maximum Gasteiger partial charge on any atom is 0.137 e. The summed E-state index contributed by atoms with van der Waals surface area (Å²) in [5.74, 6) is 6.49. The smallest absolute Gasteiger partial charge is 0.137 e. The lowest BCUT2D eigenvalue weighted by molar-refractivity contribution is 0.350. The van der Waals surface area contributed by atoms with E-state index >= 15 is 0 Å². The average molecular weight is 305 g/mol. The third kappa shape index (κ3) is 3.21. The maximum absolute atomic E-state index is 6.10. The average Bonchev–Trinajstić information content (AvgIpc) is 2.50. The topological polar surface area (TPSA) is 47.3 Å². The van der Waals surface area contributed by atoms with Crippen LogP contribution in [0.1, 0.15) is 31.0 Å². The van der Waals surface area contributed by atoms with Gasteiger partial charge in [0.05, 0.1) is 18.2 Å². The molecule has 1 unspecified atom stereocenters. The van der Waals surface area contributed by atoms with Gasteiger partial charge in [0.1, 0.15) is 5.75 Å². The largest absolute Gasteiger partial charge is 0.495 e. The molecule has 112 valence electrons. The van der Waals surface area contributed by atoms with Gasteiger partial charge in [-0.25, -0.2) is 0 Å². The van der Waals surface area contributed by atoms with E-state index in [4.69, 9.17) is 22.2 Å². The zero-order valence-electron chi connectivity index (χ0n) is 12.6. The van der Waals surface area contributed by atoms with Crippen molar-refractivity contribution >= 4 is 11.6 Å². The van der Waals surface area contributed by atoms with Gasteiger partial charge in [-0.1, -0.05) is 61.8 Å². The van der Waals surface area contributed by atoms with E-state index in [-0.39, 0.29) is 11.5 Å². The van der Waals surface area contributed by atoms with Crippen LogP contribution in [0.5, 0.6) is 5.75 Å². The standard InChI is InChI=1S/C17H21ClN2O/c1-17(2,13-7-5-4-6-8-13)16(20-19)12-9-10-14(18)15(11-12)21-3/h4-11,16,20H,19H2,1-3H3. The van der Waals surface area contributed by atoms with Crippen LogP contribution in [0.4, 0.5) is 0 Å². The van der Waals surface area contributed by atoms with Crippen molar-refractivity contribution in [2.75, 3.05) is 7.11 Å². The summed E-state index contributed by atoms with van der Waals surface area (Å²) < 4.78 is 5.30. The fraction of sp³-hybridized carbons (Fsp3) is 0.294. The number of benzene rings is 2. The molecular formula is C17H21ClN2O. The van der Waals surface area contributed by atoms with Crippen molar-refractivity contribution in [2.45, 2.75) is 25.3 Å². The molecule has 3 N–H and O–H groups in total. The molecule has 21 heavy (non-hydrogen) atoms. The fourth-order valence-corrected chi connectivity index (χ4v) is 2.81. The van der Waals surface area contributed by atoms with E-state index in [1.807, 2.05) is 36.4 Å². The molecule has 0 bridgehead atoms. The molecule has 0 radical (unpaired) electrons. The predicted octanol–water partition coefficient (Wildman–Crippen LogP) is 3.83. The zero-order valence-corrected chi connectivity index (χ0v) is 13.3. The van der Waals surface area contributed by atoms with E-state index in [0.717, 1.165) is 5.56 Å². The van der Waals surface area contributed by atoms with E-state index in [0.29, 0.717) is 10.8 Å². The number of hydrogen-bond acceptors (Lipinski definition) is 3. The summed E-state index contributed by atoms with van der Waals surface area (Å²) in [5, 5.41) is 0.592. The number of nitrogens with two attached hydrogens (primary N) is 1. The first kappa shape index (κ1) is 15.8. The second-order valence-electron chi connectivity index (χ2n) is 5.58. The van der Waals surface area contributed by atoms with E-state index in [2.05, 4.69) is 31.4 Å². The van der Waals surface area contributed by atoms with Crippen LogP contribution >= 0.6 is 11.6 Å². The summed E-state index contributed by atoms with van der Waals surface area (Å²) in [6.45, 7) is 4.32. The van der Waals surface area contributed by atoms with Crippen molar-refractivity contribution in [1.82, 2.24) is 5.43 Å². The quantitative estimate of drug-likeness (QED) is 0.652. The van der Waals surface area contributed by atoms with Crippen LogP contribution in [0.25, 0.3) is 0 Å². The van der Waals surface area contributed by atoms with Crippen molar-refractivity contribution in [3.8, 4) is 5.75 Å². The molecule has 0 heterocycles. The second-order valence-corrected chi connectivity index (χ2v) is 5.99. The van der Waals surface area contributed by atoms with Crippen LogP contribution in [0.3, 0.4) is 0 Å². The van der Waals surface area contributed by atoms with Gasteiger partial charge >= 0.3 is 0 Å². The third-order valence-corrected chi connectivity index (χ3v) is 4.23. The molecule has 2 aromatic carbocycles. The molecule has 0 aliphatic heterocycles. The van der Waals surface area contributed by atoms with Gasteiger partial charge in [-0.15, -0.1) is 0 Å². The SMILES string of the molecule is COc1cc(C(NN)C(C)(C)c2ccccc2)ccc1Cl. The Morgan fingerprint density at radius 1 is 1.14 bits per heavy atom. The minimum Gasteiger partial charge on any atom is -0.495 e. The molecule has 0 saturated carbocycles. The Kier molecular flexibility index (Phi) is 4.88. The fourth-order valence-electron chi connectivity index (χ4n) is 2.61. The minimum absolute atomic E-state index is 0.0638. The Bertz CT molecular complexity index is 599. The molecule has 2 aromatic rings. The Morgan fingerprint density at radius 3 is 2.38 bits per heavy atom. The van der Waals surface area contributed by atoms with Gasteiger partial charge in [-0.05, 0) is 23.3 Å². The number of ether oxygens (including phenoxy) is 1. The number of hydrogen-bond donors (Lipinski definition) is 2. The Hall–Kier alpha value is -1.55. The highest BCUT2D eigenvalue weighted by atomic mass is 35.5. The van der Waals surface area contributed by atoms with E-state index in [1.165, 1.54) is 5.56 Å². The summed E-state index contributed by atoms with van der Waals surface area (Å²) in [7, 11) is 1.61. The molecule has 0 fully saturated rings. The van der Waals surface area contributed by atoms with Crippen LogP contribution in [-0.4, -0.2) is 7.11 Å². The number of nitrogens with one attached hydrogen (secondary N) is 1. The molecule has 1 atom stereocenters. The van der Waals surface area contributed by atoms with Gasteiger partial charge in [0, 0.05) is 5.41 Å². The van der Waals surface area contributed by atoms with Crippen molar-refractivity contribution in [3.05, 3.63) is 64.7 Å². The van der Waals surface area contributed by atoms with Gasteiger partial charge in [0.15, 0.2) is 0 Å². The first-order valence-corrected chi connectivity index (χ1v) is 7.23. The minimum atomic E-state index is -0.186. The highest BCUT2D eigenvalue weighted by molar-refractivity contribution is 6.32. The zero-order chi connectivity index (χ0) is 15.5. The number of methoxy groups -OCH3 is 1. The first-order chi connectivity index (χ1) is 10.0. The summed E-state index contributed by atoms with van der Waals surface area (Å²) in [6.07, 6.45) is 0. The van der Waals surface area contributed by atoms with Crippen molar-refractivity contribution in [2.24, 2.45) is 5.84 Å². The summed E-state index contributed by atoms with van der Waals surface area (Å²) >= 11 is 6.10. The van der Waals surface area contributed by atoms with E-state index in [9.17, 15) is 0 Å². The normalized spacial score (nSPS) is 13.0. The van der Waals surface area contributed by atoms with Crippen molar-refractivity contribution < 1.29 is 4.74 Å². The molecule has 0 aromatic heterocycles. The molecule has 0 saturated heterocycles. The van der Waals surface area contributed by atoms with Gasteiger partial charge in [-0.3, -0.25) is 11.3 Å². The number of rotatable bonds is 5. The molecule has 0 aliphatic carbocycles. The van der Waals surface area contributed by atoms with Gasteiger partial charge in [0.25, 0.3) is 0 Å². The summed E-state index contributed by atoms with van der Waals surface area (Å²) in [4.78, 5) is 0. The van der Waals surface area contributed by atoms with Gasteiger partial charge in [-0.2, -0.15) is 0 Å². The van der Waals surface area contributed by atoms with Gasteiger partial charge < -0.3 is 4.74 Å². The van der Waals surface area contributed by atoms with Crippen molar-refractivity contribution in [3.63, 3.8) is 0 Å². The highest BCUT2D eigenvalue weighted by Crippen LogP contribution is 2.38. The van der Waals surface area contributed by atoms with Crippen LogP contribution in [-0.2, 0) is 5.41 Å². The molecular weight excluding hydrogens is 284 g/mol. The lowest BCUT2D eigenvalue weighted by atomic mass is 9.75. The summed E-state index contributed by atoms with van der Waals surface area (Å²) in [5.41, 5.74) is 4.99.